The van der Waals surface area contributed by atoms with Crippen LogP contribution in [-0.4, -0.2) is 59.5 Å². The number of oxime groups is 1. The molecule has 0 aromatic heterocycles. The summed E-state index contributed by atoms with van der Waals surface area (Å²) in [5.74, 6) is -0.966. The minimum absolute atomic E-state index is 0.0431. The lowest BCUT2D eigenvalue weighted by atomic mass is 9.81. The highest BCUT2D eigenvalue weighted by molar-refractivity contribution is 6.36. The Morgan fingerprint density at radius 1 is 1.32 bits per heavy atom. The molecule has 3 heterocycles. The number of hydrogen-bond donors (Lipinski definition) is 1. The van der Waals surface area contributed by atoms with E-state index in [0.717, 1.165) is 25.7 Å². The molecule has 0 bridgehead atoms. The topological polar surface area (TPSA) is 88.4 Å². The van der Waals surface area contributed by atoms with Crippen LogP contribution in [0.15, 0.2) is 5.16 Å². The fraction of sp³-hybridized carbons (Fsp3) is 0.800. The van der Waals surface area contributed by atoms with Crippen molar-refractivity contribution in [2.45, 2.75) is 44.6 Å². The fourth-order valence-electron chi connectivity index (χ4n) is 3.61. The third-order valence-corrected chi connectivity index (χ3v) is 4.87. The van der Waals surface area contributed by atoms with E-state index in [-0.39, 0.29) is 18.0 Å². The summed E-state index contributed by atoms with van der Waals surface area (Å²) in [4.78, 5) is 31.1. The van der Waals surface area contributed by atoms with Crippen molar-refractivity contribution in [3.8, 4) is 0 Å². The van der Waals surface area contributed by atoms with Gasteiger partial charge in [-0.05, 0) is 32.6 Å². The van der Waals surface area contributed by atoms with Crippen LogP contribution in [0.4, 0.5) is 0 Å². The molecule has 0 aromatic rings. The summed E-state index contributed by atoms with van der Waals surface area (Å²) in [6, 6.07) is 0. The Morgan fingerprint density at radius 3 is 2.77 bits per heavy atom. The predicted octanol–water partition coefficient (Wildman–Crippen LogP) is 1.03. The quantitative estimate of drug-likeness (QED) is 0.823. The molecule has 22 heavy (non-hydrogen) atoms. The van der Waals surface area contributed by atoms with Crippen LogP contribution in [0.3, 0.4) is 0 Å². The molecule has 3 aliphatic rings. The van der Waals surface area contributed by atoms with Gasteiger partial charge in [0.15, 0.2) is 11.3 Å². The molecule has 1 amide bonds. The summed E-state index contributed by atoms with van der Waals surface area (Å²) >= 11 is 0. The third-order valence-electron chi connectivity index (χ3n) is 4.87. The molecule has 0 radical (unpaired) electrons. The Bertz CT molecular complexity index is 512. The van der Waals surface area contributed by atoms with Gasteiger partial charge in [0.2, 0.25) is 5.91 Å². The molecule has 0 saturated carbocycles. The number of carboxylic acid groups (broad SMARTS) is 1. The van der Waals surface area contributed by atoms with E-state index in [2.05, 4.69) is 5.16 Å². The van der Waals surface area contributed by atoms with E-state index in [1.54, 1.807) is 4.90 Å². The van der Waals surface area contributed by atoms with Gasteiger partial charge in [0.05, 0.1) is 18.6 Å². The van der Waals surface area contributed by atoms with Crippen LogP contribution >= 0.6 is 0 Å². The van der Waals surface area contributed by atoms with Gasteiger partial charge in [-0.15, -0.1) is 0 Å². The molecule has 0 aromatic carbocycles. The zero-order valence-corrected chi connectivity index (χ0v) is 12.8. The lowest BCUT2D eigenvalue weighted by molar-refractivity contribution is -0.157. The van der Waals surface area contributed by atoms with Crippen LogP contribution in [0.25, 0.3) is 0 Å². The molecular weight excluding hydrogens is 288 g/mol. The van der Waals surface area contributed by atoms with Gasteiger partial charge in [-0.3, -0.25) is 4.79 Å². The minimum Gasteiger partial charge on any atom is -0.477 e. The average molecular weight is 310 g/mol. The molecule has 3 rings (SSSR count). The molecule has 122 valence electrons. The normalized spacial score (nSPS) is 35.1. The molecule has 7 nitrogen and oxygen atoms in total. The van der Waals surface area contributed by atoms with Crippen LogP contribution in [-0.2, 0) is 19.2 Å². The van der Waals surface area contributed by atoms with E-state index in [9.17, 15) is 9.59 Å². The number of carbonyl (C=O) groups excluding carboxylic acids is 1. The Kier molecular flexibility index (Phi) is 3.84. The largest absolute Gasteiger partial charge is 0.477 e. The number of hydrogen-bond acceptors (Lipinski definition) is 5. The zero-order chi connectivity index (χ0) is 15.8. The number of ether oxygens (including phenoxy) is 1. The van der Waals surface area contributed by atoms with Crippen LogP contribution < -0.4 is 0 Å². The number of rotatable bonds is 2. The molecule has 7 heteroatoms. The van der Waals surface area contributed by atoms with Crippen molar-refractivity contribution in [2.75, 3.05) is 26.3 Å². The van der Waals surface area contributed by atoms with Crippen LogP contribution in [0.5, 0.6) is 0 Å². The molecule has 2 saturated heterocycles. The highest BCUT2D eigenvalue weighted by atomic mass is 16.7. The third kappa shape index (κ3) is 2.69. The van der Waals surface area contributed by atoms with Gasteiger partial charge in [0.1, 0.15) is 0 Å². The Morgan fingerprint density at radius 2 is 2.14 bits per heavy atom. The van der Waals surface area contributed by atoms with Crippen molar-refractivity contribution < 1.29 is 24.3 Å². The number of aliphatic carboxylic acids is 1. The summed E-state index contributed by atoms with van der Waals surface area (Å²) < 4.78 is 5.48. The van der Waals surface area contributed by atoms with Crippen molar-refractivity contribution in [2.24, 2.45) is 10.6 Å². The first-order chi connectivity index (χ1) is 10.4. The Hall–Kier alpha value is -1.63. The first-order valence-corrected chi connectivity index (χ1v) is 7.80. The Balaban J connectivity index is 1.69. The van der Waals surface area contributed by atoms with Gasteiger partial charge in [-0.2, -0.15) is 0 Å². The van der Waals surface area contributed by atoms with Gasteiger partial charge >= 0.3 is 5.97 Å². The van der Waals surface area contributed by atoms with Crippen molar-refractivity contribution in [3.63, 3.8) is 0 Å². The van der Waals surface area contributed by atoms with Crippen molar-refractivity contribution >= 4 is 17.6 Å². The van der Waals surface area contributed by atoms with Gasteiger partial charge in [0, 0.05) is 19.6 Å². The molecule has 2 fully saturated rings. The van der Waals surface area contributed by atoms with E-state index in [0.29, 0.717) is 26.3 Å². The molecule has 1 spiro atoms. The van der Waals surface area contributed by atoms with E-state index in [1.165, 1.54) is 0 Å². The standard InChI is InChI=1S/C15H22N2O5/c1-14(4-3-7-21-10-14)13(20)17-6-2-5-15(9-17)8-11(12(18)19)16-22-15/h2-10H2,1H3,(H,18,19). The number of amides is 1. The summed E-state index contributed by atoms with van der Waals surface area (Å²) in [7, 11) is 0. The maximum Gasteiger partial charge on any atom is 0.353 e. The van der Waals surface area contributed by atoms with Crippen LogP contribution in [0.2, 0.25) is 0 Å². The first kappa shape index (κ1) is 15.3. The lowest BCUT2D eigenvalue weighted by Crippen LogP contribution is -2.55. The summed E-state index contributed by atoms with van der Waals surface area (Å²) in [6.07, 6.45) is 3.51. The number of nitrogens with zero attached hydrogens (tertiary/aromatic N) is 2. The zero-order valence-electron chi connectivity index (χ0n) is 12.8. The number of carboxylic acids is 1. The second-order valence-electron chi connectivity index (χ2n) is 6.84. The van der Waals surface area contributed by atoms with Crippen molar-refractivity contribution in [1.29, 1.82) is 0 Å². The van der Waals surface area contributed by atoms with Gasteiger partial charge in [-0.1, -0.05) is 5.16 Å². The highest BCUT2D eigenvalue weighted by Gasteiger charge is 2.48. The smallest absolute Gasteiger partial charge is 0.353 e. The second-order valence-corrected chi connectivity index (χ2v) is 6.84. The fourth-order valence-corrected chi connectivity index (χ4v) is 3.61. The van der Waals surface area contributed by atoms with Crippen molar-refractivity contribution in [3.05, 3.63) is 0 Å². The second kappa shape index (κ2) is 5.53. The molecule has 0 aliphatic carbocycles. The lowest BCUT2D eigenvalue weighted by Gasteiger charge is -2.43. The van der Waals surface area contributed by atoms with Gasteiger partial charge in [0.25, 0.3) is 0 Å². The summed E-state index contributed by atoms with van der Waals surface area (Å²) in [5, 5.41) is 12.7. The first-order valence-electron chi connectivity index (χ1n) is 7.80. The van der Waals surface area contributed by atoms with Gasteiger partial charge in [-0.25, -0.2) is 4.79 Å². The van der Waals surface area contributed by atoms with Crippen LogP contribution in [0, 0.1) is 5.41 Å². The summed E-state index contributed by atoms with van der Waals surface area (Å²) in [6.45, 7) is 4.20. The predicted molar refractivity (Wildman–Crippen MR) is 77.5 cm³/mol. The molecule has 1 N–H and O–H groups in total. The maximum absolute atomic E-state index is 12.9. The minimum atomic E-state index is -1.05. The number of likely N-dealkylation sites (tertiary alicyclic amines) is 1. The van der Waals surface area contributed by atoms with Crippen LogP contribution in [0.1, 0.15) is 39.0 Å². The van der Waals surface area contributed by atoms with Gasteiger partial charge < -0.3 is 19.6 Å². The van der Waals surface area contributed by atoms with E-state index in [1.807, 2.05) is 6.92 Å². The average Bonchev–Trinajstić information content (AvgIpc) is 2.91. The maximum atomic E-state index is 12.9. The Labute approximate surface area is 129 Å². The SMILES string of the molecule is CC1(C(=O)N2CCCC3(CC(C(=O)O)=NO3)C2)CCCOC1. The molecular formula is C15H22N2O5. The molecule has 3 aliphatic heterocycles. The monoisotopic (exact) mass is 310 g/mol. The number of carbonyl (C=O) groups is 2. The number of piperidine rings is 1. The highest BCUT2D eigenvalue weighted by Crippen LogP contribution is 2.37. The van der Waals surface area contributed by atoms with E-state index in [4.69, 9.17) is 14.7 Å². The molecule has 2 unspecified atom stereocenters. The van der Waals surface area contributed by atoms with Crippen molar-refractivity contribution in [1.82, 2.24) is 4.90 Å². The van der Waals surface area contributed by atoms with E-state index < -0.39 is 17.0 Å². The van der Waals surface area contributed by atoms with E-state index >= 15 is 0 Å². The molecule has 2 atom stereocenters. The summed E-state index contributed by atoms with van der Waals surface area (Å²) in [5.41, 5.74) is -1.10.